The van der Waals surface area contributed by atoms with Gasteiger partial charge in [-0.15, -0.1) is 0 Å². The number of quaternary nitrogens is 1. The van der Waals surface area contributed by atoms with E-state index in [9.17, 15) is 45.5 Å². The van der Waals surface area contributed by atoms with E-state index in [4.69, 9.17) is 11.6 Å². The van der Waals surface area contributed by atoms with Gasteiger partial charge in [0.05, 0.1) is 67.1 Å². The highest BCUT2D eigenvalue weighted by Crippen LogP contribution is 2.37. The average molecular weight is 824 g/mol. The molecule has 1 aromatic carbocycles. The van der Waals surface area contributed by atoms with Crippen molar-refractivity contribution in [3.05, 3.63) is 71.0 Å². The largest absolute Gasteiger partial charge is 0.471 e. The second-order valence-corrected chi connectivity index (χ2v) is 14.9. The molecule has 5 heterocycles. The molecule has 0 bridgehead atoms. The number of piperidine rings is 1. The molecule has 2 aliphatic rings. The lowest BCUT2D eigenvalue weighted by atomic mass is 9.94. The number of nitrogens with one attached hydrogen (secondary N) is 1. The molecule has 3 aromatic heterocycles. The maximum Gasteiger partial charge on any atom is 0.471 e. The summed E-state index contributed by atoms with van der Waals surface area (Å²) >= 11 is 6.49. The number of rotatable bonds is 7. The van der Waals surface area contributed by atoms with Crippen molar-refractivity contribution < 1.29 is 50.0 Å². The van der Waals surface area contributed by atoms with Crippen molar-refractivity contribution >= 4 is 46.6 Å². The van der Waals surface area contributed by atoms with Crippen molar-refractivity contribution in [3.63, 3.8) is 0 Å². The van der Waals surface area contributed by atoms with Crippen molar-refractivity contribution in [2.45, 2.75) is 25.2 Å². The first-order valence-corrected chi connectivity index (χ1v) is 18.0. The number of hydrogen-bond acceptors (Lipinski definition) is 7. The molecule has 0 saturated carbocycles. The number of hydrogen-bond donors (Lipinski definition) is 1. The molecule has 4 aromatic rings. The van der Waals surface area contributed by atoms with Gasteiger partial charge in [0, 0.05) is 70.9 Å². The lowest BCUT2D eigenvalue weighted by molar-refractivity contribution is -0.895. The van der Waals surface area contributed by atoms with Crippen molar-refractivity contribution in [1.82, 2.24) is 34.1 Å². The fourth-order valence-corrected chi connectivity index (χ4v) is 7.07. The Morgan fingerprint density at radius 1 is 0.912 bits per heavy atom. The molecule has 0 unspecified atom stereocenters. The average Bonchev–Trinajstić information content (AvgIpc) is 3.78. The third-order valence-corrected chi connectivity index (χ3v) is 10.5. The molecule has 6 rings (SSSR count). The number of anilines is 2. The van der Waals surface area contributed by atoms with Crippen LogP contribution in [-0.2, 0) is 22.8 Å². The van der Waals surface area contributed by atoms with Crippen LogP contribution in [0.5, 0.6) is 0 Å². The Kier molecular flexibility index (Phi) is 11.1. The number of likely N-dealkylation sites (tertiary alicyclic amines) is 1. The Morgan fingerprint density at radius 3 is 2.14 bits per heavy atom. The van der Waals surface area contributed by atoms with E-state index >= 15 is 0 Å². The second kappa shape index (κ2) is 15.4. The summed E-state index contributed by atoms with van der Waals surface area (Å²) in [7, 11) is 6.49. The number of carbonyl (C=O) groups is 4. The standard InChI is InChI=1S/C36H37ClF6N10O4/c1-48(34(57)36(41,42)43)23-6-8-28(44-18-23)52-20-25(29(47-52)35(38,39)40)27-19-45-30(49(27)2)31(54)46-22-5-7-24(26(37)17-22)33(56)51-13-11-50(12-14-51)32(55)21-9-15-53(3,4)16-10-21/h5-8,17-21H,9-16H2,1-4H3/p+1. The van der Waals surface area contributed by atoms with Crippen LogP contribution in [0.3, 0.4) is 0 Å². The van der Waals surface area contributed by atoms with Crippen LogP contribution >= 0.6 is 11.6 Å². The maximum absolute atomic E-state index is 14.2. The summed E-state index contributed by atoms with van der Waals surface area (Å²) in [5.41, 5.74) is -1.91. The lowest BCUT2D eigenvalue weighted by Crippen LogP contribution is -2.54. The van der Waals surface area contributed by atoms with Crippen LogP contribution in [0.1, 0.15) is 39.5 Å². The molecule has 0 atom stereocenters. The topological polar surface area (TPSA) is 139 Å². The Labute approximate surface area is 327 Å². The summed E-state index contributed by atoms with van der Waals surface area (Å²) in [6, 6.07) is 6.40. The van der Waals surface area contributed by atoms with E-state index < -0.39 is 35.4 Å². The van der Waals surface area contributed by atoms with Crippen LogP contribution in [0.4, 0.5) is 37.7 Å². The second-order valence-electron chi connectivity index (χ2n) is 14.5. The van der Waals surface area contributed by atoms with E-state index in [1.54, 1.807) is 4.90 Å². The zero-order chi connectivity index (χ0) is 41.6. The number of carbonyl (C=O) groups excluding carboxylic acids is 4. The molecular weight excluding hydrogens is 786 g/mol. The van der Waals surface area contributed by atoms with Gasteiger partial charge in [0.2, 0.25) is 5.91 Å². The molecule has 0 spiro atoms. The normalized spacial score (nSPS) is 16.4. The number of aromatic nitrogens is 5. The Balaban J connectivity index is 1.12. The molecule has 2 saturated heterocycles. The minimum absolute atomic E-state index is 0.0133. The van der Waals surface area contributed by atoms with E-state index in [1.807, 2.05) is 4.90 Å². The van der Waals surface area contributed by atoms with Crippen LogP contribution in [0.2, 0.25) is 5.02 Å². The molecule has 1 N–H and O–H groups in total. The quantitative estimate of drug-likeness (QED) is 0.207. The highest BCUT2D eigenvalue weighted by molar-refractivity contribution is 6.34. The summed E-state index contributed by atoms with van der Waals surface area (Å²) in [4.78, 5) is 63.0. The van der Waals surface area contributed by atoms with Crippen molar-refractivity contribution in [2.24, 2.45) is 13.0 Å². The molecule has 14 nitrogen and oxygen atoms in total. The molecular formula is C36H38ClF6N10O4+. The van der Waals surface area contributed by atoms with Crippen LogP contribution in [0, 0.1) is 5.92 Å². The maximum atomic E-state index is 14.2. The summed E-state index contributed by atoms with van der Waals surface area (Å²) in [6.45, 7) is 3.34. The number of piperazine rings is 1. The minimum Gasteiger partial charge on any atom is -0.339 e. The van der Waals surface area contributed by atoms with Crippen molar-refractivity contribution in [1.29, 1.82) is 0 Å². The van der Waals surface area contributed by atoms with Gasteiger partial charge in [0.1, 0.15) is 0 Å². The first kappa shape index (κ1) is 41.1. The van der Waals surface area contributed by atoms with Gasteiger partial charge in [-0.1, -0.05) is 11.6 Å². The number of nitrogens with zero attached hydrogens (tertiary/aromatic N) is 9. The Hall–Kier alpha value is -5.50. The van der Waals surface area contributed by atoms with E-state index in [0.717, 1.165) is 77.4 Å². The number of imidazole rings is 1. The number of alkyl halides is 6. The van der Waals surface area contributed by atoms with E-state index in [1.165, 1.54) is 25.2 Å². The predicted molar refractivity (Wildman–Crippen MR) is 194 cm³/mol. The summed E-state index contributed by atoms with van der Waals surface area (Å²) in [5, 5.41) is 6.23. The van der Waals surface area contributed by atoms with Gasteiger partial charge >= 0.3 is 18.3 Å². The molecule has 0 aliphatic carbocycles. The predicted octanol–water partition coefficient (Wildman–Crippen LogP) is 4.89. The zero-order valence-electron chi connectivity index (χ0n) is 31.2. The third-order valence-electron chi connectivity index (χ3n) is 10.2. The summed E-state index contributed by atoms with van der Waals surface area (Å²) < 4.78 is 83.9. The van der Waals surface area contributed by atoms with Gasteiger partial charge in [0.15, 0.2) is 17.3 Å². The van der Waals surface area contributed by atoms with E-state index in [0.29, 0.717) is 31.1 Å². The van der Waals surface area contributed by atoms with Gasteiger partial charge < -0.3 is 29.1 Å². The molecule has 57 heavy (non-hydrogen) atoms. The smallest absolute Gasteiger partial charge is 0.339 e. The summed E-state index contributed by atoms with van der Waals surface area (Å²) in [5.74, 6) is -3.71. The first-order chi connectivity index (χ1) is 26.6. The number of halogens is 7. The first-order valence-electron chi connectivity index (χ1n) is 17.7. The zero-order valence-corrected chi connectivity index (χ0v) is 31.9. The molecule has 0 radical (unpaired) electrons. The Morgan fingerprint density at radius 2 is 1.56 bits per heavy atom. The fraction of sp³-hybridized carbons (Fsp3) is 0.417. The van der Waals surface area contributed by atoms with Gasteiger partial charge in [0.25, 0.3) is 11.8 Å². The molecule has 4 amide bonds. The fourth-order valence-electron chi connectivity index (χ4n) is 6.80. The molecule has 2 aliphatic heterocycles. The third kappa shape index (κ3) is 8.75. The molecule has 2 fully saturated rings. The monoisotopic (exact) mass is 823 g/mol. The van der Waals surface area contributed by atoms with E-state index in [2.05, 4.69) is 34.5 Å². The van der Waals surface area contributed by atoms with Crippen molar-refractivity contribution in [2.75, 3.05) is 70.6 Å². The van der Waals surface area contributed by atoms with Gasteiger partial charge in [-0.3, -0.25) is 19.2 Å². The SMILES string of the molecule is CN(C(=O)C(F)(F)F)c1ccc(-n2cc(-c3cnc(C(=O)Nc4ccc(C(=O)N5CCN(C(=O)C6CC[N+](C)(C)CC6)CC5)c(Cl)c4)n3C)c(C(F)(F)F)n2)nc1. The lowest BCUT2D eigenvalue weighted by Gasteiger charge is -2.40. The minimum atomic E-state index is -5.16. The molecule has 21 heteroatoms. The number of benzene rings is 1. The van der Waals surface area contributed by atoms with Crippen LogP contribution in [0.25, 0.3) is 17.1 Å². The molecule has 304 valence electrons. The number of amides is 4. The van der Waals surface area contributed by atoms with Crippen LogP contribution in [-0.4, -0.2) is 129 Å². The highest BCUT2D eigenvalue weighted by atomic mass is 35.5. The van der Waals surface area contributed by atoms with E-state index in [-0.39, 0.29) is 57.0 Å². The summed E-state index contributed by atoms with van der Waals surface area (Å²) in [6.07, 6.45) is -5.60. The van der Waals surface area contributed by atoms with Crippen molar-refractivity contribution in [3.8, 4) is 17.1 Å². The van der Waals surface area contributed by atoms with Gasteiger partial charge in [-0.05, 0) is 30.3 Å². The van der Waals surface area contributed by atoms with Gasteiger partial charge in [-0.25, -0.2) is 14.6 Å². The van der Waals surface area contributed by atoms with Crippen LogP contribution < -0.4 is 10.2 Å². The van der Waals surface area contributed by atoms with Crippen LogP contribution in [0.15, 0.2) is 48.9 Å². The van der Waals surface area contributed by atoms with Gasteiger partial charge in [-0.2, -0.15) is 31.4 Å². The number of pyridine rings is 1. The highest BCUT2D eigenvalue weighted by Gasteiger charge is 2.42. The Bertz CT molecular complexity index is 2180.